The molecule has 34 heavy (non-hydrogen) atoms. The molecule has 0 saturated heterocycles. The number of halogens is 6. The van der Waals surface area contributed by atoms with Gasteiger partial charge >= 0.3 is 18.3 Å². The van der Waals surface area contributed by atoms with E-state index >= 15 is 0 Å². The highest BCUT2D eigenvalue weighted by atomic mass is 19.4. The third-order valence-corrected chi connectivity index (χ3v) is 4.91. The Hall–Kier alpha value is -3.69. The molecule has 180 valence electrons. The van der Waals surface area contributed by atoms with Gasteiger partial charge in [-0.1, -0.05) is 30.3 Å². The van der Waals surface area contributed by atoms with Crippen molar-refractivity contribution >= 4 is 5.97 Å². The van der Waals surface area contributed by atoms with Crippen LogP contribution in [-0.2, 0) is 25.6 Å². The molecule has 0 aliphatic carbocycles. The quantitative estimate of drug-likeness (QED) is 0.371. The number of alkyl halides is 6. The van der Waals surface area contributed by atoms with Crippen molar-refractivity contribution in [2.24, 2.45) is 0 Å². The number of ether oxygens (including phenoxy) is 2. The van der Waals surface area contributed by atoms with E-state index in [-0.39, 0.29) is 29.7 Å². The van der Waals surface area contributed by atoms with Gasteiger partial charge in [0.2, 0.25) is 0 Å². The van der Waals surface area contributed by atoms with Crippen LogP contribution in [0.1, 0.15) is 38.2 Å². The Balaban J connectivity index is 1.75. The van der Waals surface area contributed by atoms with Crippen molar-refractivity contribution in [2.75, 3.05) is 0 Å². The van der Waals surface area contributed by atoms with E-state index in [4.69, 9.17) is 9.47 Å². The van der Waals surface area contributed by atoms with E-state index in [1.165, 1.54) is 18.2 Å². The molecular formula is C24H18F6O4. The minimum atomic E-state index is -5.00. The van der Waals surface area contributed by atoms with Crippen LogP contribution in [0, 0.1) is 6.92 Å². The van der Waals surface area contributed by atoms with Gasteiger partial charge in [-0.15, -0.1) is 0 Å². The molecule has 0 aliphatic heterocycles. The summed E-state index contributed by atoms with van der Waals surface area (Å²) in [6, 6.07) is 12.2. The van der Waals surface area contributed by atoms with Gasteiger partial charge in [0.15, 0.2) is 0 Å². The second-order valence-corrected chi connectivity index (χ2v) is 7.33. The van der Waals surface area contributed by atoms with E-state index in [9.17, 15) is 36.2 Å². The standard InChI is InChI=1S/C24H18F6O4/c1-14-4-2-5-16(21(14)22(31)32)13-34-19-7-3-6-18(11-19)33-12-15-8-9-17(23(25,26)27)10-20(15)24(28,29)30/h2-11H,12-13H2,1H3,(H,31,32). The monoisotopic (exact) mass is 484 g/mol. The van der Waals surface area contributed by atoms with E-state index < -0.39 is 41.6 Å². The molecule has 0 aliphatic rings. The summed E-state index contributed by atoms with van der Waals surface area (Å²) in [5.74, 6) is -0.724. The number of carboxylic acid groups (broad SMARTS) is 1. The molecule has 0 radical (unpaired) electrons. The molecule has 0 amide bonds. The van der Waals surface area contributed by atoms with Crippen molar-refractivity contribution in [2.45, 2.75) is 32.5 Å². The summed E-state index contributed by atoms with van der Waals surface area (Å²) in [5.41, 5.74) is -2.21. The minimum Gasteiger partial charge on any atom is -0.489 e. The van der Waals surface area contributed by atoms with Gasteiger partial charge in [0.25, 0.3) is 0 Å². The van der Waals surface area contributed by atoms with Crippen LogP contribution >= 0.6 is 0 Å². The fraction of sp³-hybridized carbons (Fsp3) is 0.208. The maximum absolute atomic E-state index is 13.3. The summed E-state index contributed by atoms with van der Waals surface area (Å²) in [7, 11) is 0. The molecule has 10 heteroatoms. The highest BCUT2D eigenvalue weighted by molar-refractivity contribution is 5.91. The number of carboxylic acids is 1. The predicted octanol–water partition coefficient (Wildman–Crippen LogP) is 6.89. The van der Waals surface area contributed by atoms with Crippen LogP contribution in [0.2, 0.25) is 0 Å². The van der Waals surface area contributed by atoms with Crippen molar-refractivity contribution in [3.63, 3.8) is 0 Å². The molecule has 3 rings (SSSR count). The Labute approximate surface area is 190 Å². The summed E-state index contributed by atoms with van der Waals surface area (Å²) in [6.45, 7) is 0.944. The number of aryl methyl sites for hydroxylation is 1. The lowest BCUT2D eigenvalue weighted by Crippen LogP contribution is -2.14. The van der Waals surface area contributed by atoms with Crippen molar-refractivity contribution < 1.29 is 45.7 Å². The van der Waals surface area contributed by atoms with Crippen LogP contribution in [0.25, 0.3) is 0 Å². The second kappa shape index (κ2) is 9.66. The topological polar surface area (TPSA) is 55.8 Å². The first-order chi connectivity index (χ1) is 15.9. The summed E-state index contributed by atoms with van der Waals surface area (Å²) >= 11 is 0. The SMILES string of the molecule is Cc1cccc(COc2cccc(OCc3ccc(C(F)(F)F)cc3C(F)(F)F)c2)c1C(=O)O. The second-order valence-electron chi connectivity index (χ2n) is 7.33. The van der Waals surface area contributed by atoms with Crippen LogP contribution in [0.3, 0.4) is 0 Å². The summed E-state index contributed by atoms with van der Waals surface area (Å²) in [4.78, 5) is 11.5. The van der Waals surface area contributed by atoms with Gasteiger partial charge in [-0.05, 0) is 36.8 Å². The lowest BCUT2D eigenvalue weighted by atomic mass is 10.0. The Morgan fingerprint density at radius 2 is 1.38 bits per heavy atom. The Morgan fingerprint density at radius 3 is 1.94 bits per heavy atom. The van der Waals surface area contributed by atoms with Gasteiger partial charge in [-0.25, -0.2) is 4.79 Å². The number of aromatic carboxylic acids is 1. The fourth-order valence-corrected chi connectivity index (χ4v) is 3.27. The van der Waals surface area contributed by atoms with E-state index in [1.807, 2.05) is 0 Å². The molecule has 0 heterocycles. The lowest BCUT2D eigenvalue weighted by Gasteiger charge is -2.17. The number of benzene rings is 3. The van der Waals surface area contributed by atoms with Crippen LogP contribution < -0.4 is 9.47 Å². The minimum absolute atomic E-state index is 0.0557. The number of carbonyl (C=O) groups is 1. The lowest BCUT2D eigenvalue weighted by molar-refractivity contribution is -0.143. The van der Waals surface area contributed by atoms with Gasteiger partial charge in [-0.2, -0.15) is 26.3 Å². The fourth-order valence-electron chi connectivity index (χ4n) is 3.27. The van der Waals surface area contributed by atoms with Crippen molar-refractivity contribution in [1.29, 1.82) is 0 Å². The van der Waals surface area contributed by atoms with Crippen LogP contribution in [0.5, 0.6) is 11.5 Å². The molecule has 0 saturated carbocycles. The average molecular weight is 484 g/mol. The molecule has 0 fully saturated rings. The Kier molecular flexibility index (Phi) is 7.09. The first kappa shape index (κ1) is 24.9. The highest BCUT2D eigenvalue weighted by Gasteiger charge is 2.38. The van der Waals surface area contributed by atoms with Gasteiger partial charge in [0, 0.05) is 17.2 Å². The maximum atomic E-state index is 13.3. The number of hydrogen-bond acceptors (Lipinski definition) is 3. The zero-order valence-electron chi connectivity index (χ0n) is 17.6. The van der Waals surface area contributed by atoms with Crippen LogP contribution in [-0.4, -0.2) is 11.1 Å². The van der Waals surface area contributed by atoms with Gasteiger partial charge in [-0.3, -0.25) is 0 Å². The average Bonchev–Trinajstić information content (AvgIpc) is 2.75. The molecule has 4 nitrogen and oxygen atoms in total. The van der Waals surface area contributed by atoms with Crippen molar-refractivity contribution in [3.05, 3.63) is 94.0 Å². The van der Waals surface area contributed by atoms with Gasteiger partial charge < -0.3 is 14.6 Å². The third-order valence-electron chi connectivity index (χ3n) is 4.91. The third kappa shape index (κ3) is 6.00. The first-order valence-corrected chi connectivity index (χ1v) is 9.81. The molecule has 0 unspecified atom stereocenters. The molecule has 0 bridgehead atoms. The van der Waals surface area contributed by atoms with Gasteiger partial charge in [0.05, 0.1) is 16.7 Å². The molecule has 1 N–H and O–H groups in total. The zero-order chi connectivity index (χ0) is 25.1. The molecule has 3 aromatic rings. The molecule has 0 atom stereocenters. The van der Waals surface area contributed by atoms with E-state index in [0.717, 1.165) is 6.07 Å². The molecular weight excluding hydrogens is 466 g/mol. The summed E-state index contributed by atoms with van der Waals surface area (Å²) < 4.78 is 89.4. The molecule has 0 aromatic heterocycles. The predicted molar refractivity (Wildman–Crippen MR) is 110 cm³/mol. The van der Waals surface area contributed by atoms with Crippen molar-refractivity contribution in [1.82, 2.24) is 0 Å². The summed E-state index contributed by atoms with van der Waals surface area (Å²) in [6.07, 6.45) is -9.91. The maximum Gasteiger partial charge on any atom is 0.416 e. The smallest absolute Gasteiger partial charge is 0.416 e. The van der Waals surface area contributed by atoms with Gasteiger partial charge in [0.1, 0.15) is 24.7 Å². The van der Waals surface area contributed by atoms with Crippen LogP contribution in [0.4, 0.5) is 26.3 Å². The normalized spacial score (nSPS) is 11.9. The van der Waals surface area contributed by atoms with E-state index in [1.54, 1.807) is 31.2 Å². The summed E-state index contributed by atoms with van der Waals surface area (Å²) in [5, 5.41) is 9.39. The van der Waals surface area contributed by atoms with E-state index in [2.05, 4.69) is 0 Å². The first-order valence-electron chi connectivity index (χ1n) is 9.81. The Morgan fingerprint density at radius 1 is 0.794 bits per heavy atom. The number of hydrogen-bond donors (Lipinski definition) is 1. The number of rotatable bonds is 7. The molecule has 3 aromatic carbocycles. The largest absolute Gasteiger partial charge is 0.489 e. The van der Waals surface area contributed by atoms with E-state index in [0.29, 0.717) is 17.2 Å². The van der Waals surface area contributed by atoms with Crippen molar-refractivity contribution in [3.8, 4) is 11.5 Å². The molecule has 0 spiro atoms. The zero-order valence-corrected chi connectivity index (χ0v) is 17.6. The van der Waals surface area contributed by atoms with Crippen LogP contribution in [0.15, 0.2) is 60.7 Å². The highest BCUT2D eigenvalue weighted by Crippen LogP contribution is 2.37. The Bertz CT molecular complexity index is 1180.